The third-order valence-electron chi connectivity index (χ3n) is 5.00. The molecule has 0 radical (unpaired) electrons. The molecule has 0 aromatic carbocycles. The highest BCUT2D eigenvalue weighted by molar-refractivity contribution is 5.83. The second-order valence-electron chi connectivity index (χ2n) is 6.30. The van der Waals surface area contributed by atoms with Gasteiger partial charge < -0.3 is 0 Å². The van der Waals surface area contributed by atoms with Crippen molar-refractivity contribution in [2.75, 3.05) is 13.1 Å². The van der Waals surface area contributed by atoms with Gasteiger partial charge in [-0.1, -0.05) is 19.3 Å². The second kappa shape index (κ2) is 5.09. The quantitative estimate of drug-likeness (QED) is 0.746. The largest absolute Gasteiger partial charge is 0.300 e. The molecule has 0 aromatic rings. The van der Waals surface area contributed by atoms with Gasteiger partial charge in [0, 0.05) is 18.4 Å². The Morgan fingerprint density at radius 2 is 1.94 bits per heavy atom. The molecule has 1 aliphatic heterocycles. The molecule has 17 heavy (non-hydrogen) atoms. The van der Waals surface area contributed by atoms with E-state index in [-0.39, 0.29) is 0 Å². The summed E-state index contributed by atoms with van der Waals surface area (Å²) in [6.07, 6.45) is 11.5. The first-order chi connectivity index (χ1) is 8.34. The van der Waals surface area contributed by atoms with E-state index in [2.05, 4.69) is 4.90 Å². The van der Waals surface area contributed by atoms with Gasteiger partial charge in [0.05, 0.1) is 0 Å². The van der Waals surface area contributed by atoms with Crippen molar-refractivity contribution in [3.05, 3.63) is 0 Å². The SMILES string of the molecule is O=C1CCCC1C1CCCCN1CCC1CC1. The van der Waals surface area contributed by atoms with Gasteiger partial charge in [0.15, 0.2) is 0 Å². The summed E-state index contributed by atoms with van der Waals surface area (Å²) in [5, 5.41) is 0. The van der Waals surface area contributed by atoms with Crippen LogP contribution in [-0.2, 0) is 4.79 Å². The van der Waals surface area contributed by atoms with Crippen LogP contribution in [0.15, 0.2) is 0 Å². The number of ketones is 1. The van der Waals surface area contributed by atoms with Crippen LogP contribution in [0.3, 0.4) is 0 Å². The molecule has 2 unspecified atom stereocenters. The van der Waals surface area contributed by atoms with E-state index in [1.807, 2.05) is 0 Å². The molecule has 0 spiro atoms. The first kappa shape index (κ1) is 11.7. The van der Waals surface area contributed by atoms with E-state index in [4.69, 9.17) is 0 Å². The fourth-order valence-electron chi connectivity index (χ4n) is 3.75. The summed E-state index contributed by atoms with van der Waals surface area (Å²) in [5.74, 6) is 1.99. The van der Waals surface area contributed by atoms with Crippen molar-refractivity contribution >= 4 is 5.78 Å². The number of piperidine rings is 1. The zero-order valence-corrected chi connectivity index (χ0v) is 10.9. The number of hydrogen-bond donors (Lipinski definition) is 0. The molecule has 3 fully saturated rings. The minimum atomic E-state index is 0.398. The highest BCUT2D eigenvalue weighted by atomic mass is 16.1. The summed E-state index contributed by atoms with van der Waals surface area (Å²) < 4.78 is 0. The lowest BCUT2D eigenvalue weighted by Crippen LogP contribution is -2.45. The van der Waals surface area contributed by atoms with Crippen molar-refractivity contribution in [1.82, 2.24) is 4.90 Å². The van der Waals surface area contributed by atoms with Crippen LogP contribution >= 0.6 is 0 Å². The standard InChI is InChI=1S/C15H25NO/c17-15-6-3-4-13(15)14-5-1-2-10-16(14)11-9-12-7-8-12/h12-14H,1-11H2. The van der Waals surface area contributed by atoms with Crippen molar-refractivity contribution in [2.45, 2.75) is 63.8 Å². The Balaban J connectivity index is 1.59. The molecule has 3 aliphatic rings. The van der Waals surface area contributed by atoms with Gasteiger partial charge in [0.2, 0.25) is 0 Å². The Morgan fingerprint density at radius 3 is 2.65 bits per heavy atom. The Morgan fingerprint density at radius 1 is 1.06 bits per heavy atom. The summed E-state index contributed by atoms with van der Waals surface area (Å²) in [5.41, 5.74) is 0. The topological polar surface area (TPSA) is 20.3 Å². The first-order valence-electron chi connectivity index (χ1n) is 7.61. The lowest BCUT2D eigenvalue weighted by molar-refractivity contribution is -0.123. The summed E-state index contributed by atoms with van der Waals surface area (Å²) in [7, 11) is 0. The molecule has 0 N–H and O–H groups in total. The predicted octanol–water partition coefficient (Wildman–Crippen LogP) is 3.01. The van der Waals surface area contributed by atoms with Crippen molar-refractivity contribution in [1.29, 1.82) is 0 Å². The van der Waals surface area contributed by atoms with Crippen molar-refractivity contribution in [3.8, 4) is 0 Å². The summed E-state index contributed by atoms with van der Waals surface area (Å²) in [4.78, 5) is 14.6. The van der Waals surface area contributed by atoms with Gasteiger partial charge in [-0.15, -0.1) is 0 Å². The molecule has 2 nitrogen and oxygen atoms in total. The Kier molecular flexibility index (Phi) is 3.51. The number of Topliss-reactive ketones (excluding diaryl/α,β-unsaturated/α-hetero) is 1. The minimum Gasteiger partial charge on any atom is -0.300 e. The number of rotatable bonds is 4. The lowest BCUT2D eigenvalue weighted by Gasteiger charge is -2.38. The molecule has 2 atom stereocenters. The highest BCUT2D eigenvalue weighted by Crippen LogP contribution is 2.36. The molecule has 1 heterocycles. The molecule has 0 bridgehead atoms. The zero-order valence-electron chi connectivity index (χ0n) is 10.9. The maximum absolute atomic E-state index is 11.9. The second-order valence-corrected chi connectivity index (χ2v) is 6.30. The van der Waals surface area contributed by atoms with Crippen LogP contribution in [0.25, 0.3) is 0 Å². The monoisotopic (exact) mass is 235 g/mol. The number of nitrogens with zero attached hydrogens (tertiary/aromatic N) is 1. The van der Waals surface area contributed by atoms with Crippen LogP contribution in [0.5, 0.6) is 0 Å². The first-order valence-corrected chi connectivity index (χ1v) is 7.61. The van der Waals surface area contributed by atoms with Gasteiger partial charge >= 0.3 is 0 Å². The number of likely N-dealkylation sites (tertiary alicyclic amines) is 1. The van der Waals surface area contributed by atoms with Crippen molar-refractivity contribution in [2.24, 2.45) is 11.8 Å². The molecule has 0 amide bonds. The van der Waals surface area contributed by atoms with Crippen LogP contribution < -0.4 is 0 Å². The summed E-state index contributed by atoms with van der Waals surface area (Å²) in [6.45, 7) is 2.51. The van der Waals surface area contributed by atoms with E-state index in [1.165, 1.54) is 58.0 Å². The third-order valence-corrected chi connectivity index (χ3v) is 5.00. The van der Waals surface area contributed by atoms with E-state index in [9.17, 15) is 4.79 Å². The molecule has 96 valence electrons. The third kappa shape index (κ3) is 2.73. The van der Waals surface area contributed by atoms with Crippen LogP contribution in [0, 0.1) is 11.8 Å². The number of hydrogen-bond acceptors (Lipinski definition) is 2. The summed E-state index contributed by atoms with van der Waals surface area (Å²) >= 11 is 0. The van der Waals surface area contributed by atoms with Crippen molar-refractivity contribution < 1.29 is 4.79 Å². The Hall–Kier alpha value is -0.370. The normalized spacial score (nSPS) is 35.4. The van der Waals surface area contributed by atoms with Crippen LogP contribution in [0.1, 0.15) is 57.8 Å². The fraction of sp³-hybridized carbons (Fsp3) is 0.933. The maximum atomic E-state index is 11.9. The molecule has 1 saturated heterocycles. The van der Waals surface area contributed by atoms with Gasteiger partial charge in [-0.05, 0) is 51.1 Å². The molecular formula is C15H25NO. The smallest absolute Gasteiger partial charge is 0.137 e. The number of carbonyl (C=O) groups is 1. The Labute approximate surface area is 105 Å². The van der Waals surface area contributed by atoms with Gasteiger partial charge in [-0.3, -0.25) is 9.69 Å². The van der Waals surface area contributed by atoms with E-state index in [1.54, 1.807) is 0 Å². The van der Waals surface area contributed by atoms with Crippen LogP contribution in [0.2, 0.25) is 0 Å². The van der Waals surface area contributed by atoms with E-state index in [0.717, 1.165) is 18.8 Å². The average molecular weight is 235 g/mol. The zero-order chi connectivity index (χ0) is 11.7. The minimum absolute atomic E-state index is 0.398. The summed E-state index contributed by atoms with van der Waals surface area (Å²) in [6, 6.07) is 0.609. The van der Waals surface area contributed by atoms with Gasteiger partial charge in [0.25, 0.3) is 0 Å². The molecule has 0 aromatic heterocycles. The van der Waals surface area contributed by atoms with Crippen LogP contribution in [0.4, 0.5) is 0 Å². The highest BCUT2D eigenvalue weighted by Gasteiger charge is 2.37. The maximum Gasteiger partial charge on any atom is 0.137 e. The predicted molar refractivity (Wildman–Crippen MR) is 68.9 cm³/mol. The molecule has 2 heteroatoms. The molecule has 2 aliphatic carbocycles. The van der Waals surface area contributed by atoms with E-state index >= 15 is 0 Å². The van der Waals surface area contributed by atoms with E-state index < -0.39 is 0 Å². The molecular weight excluding hydrogens is 210 g/mol. The fourth-order valence-corrected chi connectivity index (χ4v) is 3.75. The molecule has 2 saturated carbocycles. The van der Waals surface area contributed by atoms with E-state index in [0.29, 0.717) is 17.7 Å². The molecule has 3 rings (SSSR count). The van der Waals surface area contributed by atoms with Crippen molar-refractivity contribution in [3.63, 3.8) is 0 Å². The van der Waals surface area contributed by atoms with Gasteiger partial charge in [-0.25, -0.2) is 0 Å². The number of carbonyl (C=O) groups excluding carboxylic acids is 1. The van der Waals surface area contributed by atoms with Gasteiger partial charge in [-0.2, -0.15) is 0 Å². The van der Waals surface area contributed by atoms with Crippen LogP contribution in [-0.4, -0.2) is 29.8 Å². The average Bonchev–Trinajstić information content (AvgIpc) is 3.09. The lowest BCUT2D eigenvalue weighted by atomic mass is 9.88. The Bertz CT molecular complexity index is 285. The van der Waals surface area contributed by atoms with Gasteiger partial charge in [0.1, 0.15) is 5.78 Å².